The molecule has 9 heteroatoms. The Morgan fingerprint density at radius 2 is 1.73 bits per heavy atom. The van der Waals surface area contributed by atoms with Crippen LogP contribution in [0, 0.1) is 19.3 Å². The van der Waals surface area contributed by atoms with Crippen molar-refractivity contribution < 1.29 is 4.79 Å². The Labute approximate surface area is 204 Å². The summed E-state index contributed by atoms with van der Waals surface area (Å²) in [5.41, 5.74) is 4.55. The van der Waals surface area contributed by atoms with Gasteiger partial charge >= 0.3 is 0 Å². The van der Waals surface area contributed by atoms with Crippen LogP contribution in [-0.2, 0) is 4.79 Å². The number of halogens is 2. The third-order valence-electron chi connectivity index (χ3n) is 5.35. The molecule has 0 aliphatic carbocycles. The Morgan fingerprint density at radius 3 is 2.42 bits per heavy atom. The highest BCUT2D eigenvalue weighted by molar-refractivity contribution is 8.27. The first-order valence-corrected chi connectivity index (χ1v) is 11.6. The summed E-state index contributed by atoms with van der Waals surface area (Å²) in [5.74, 6) is -0.460. The average Bonchev–Trinajstić information content (AvgIpc) is 3.31. The largest absolute Gasteiger partial charge is 0.318 e. The highest BCUT2D eigenvalue weighted by atomic mass is 35.5. The molecule has 1 aromatic heterocycles. The van der Waals surface area contributed by atoms with Crippen molar-refractivity contribution in [3.8, 4) is 5.69 Å². The van der Waals surface area contributed by atoms with Gasteiger partial charge in [0.15, 0.2) is 5.84 Å². The number of carbonyl (C=O) groups excluding carboxylic acids is 1. The zero-order valence-electron chi connectivity index (χ0n) is 17.6. The maximum Gasteiger partial charge on any atom is 0.283 e. The summed E-state index contributed by atoms with van der Waals surface area (Å²) in [5, 5.41) is 16.8. The van der Waals surface area contributed by atoms with E-state index >= 15 is 0 Å². The van der Waals surface area contributed by atoms with Crippen LogP contribution in [0.3, 0.4) is 0 Å². The summed E-state index contributed by atoms with van der Waals surface area (Å²) in [7, 11) is 0. The van der Waals surface area contributed by atoms with Crippen molar-refractivity contribution in [2.45, 2.75) is 13.8 Å². The summed E-state index contributed by atoms with van der Waals surface area (Å²) >= 11 is 13.7. The number of rotatable bonds is 3. The molecule has 0 unspecified atom stereocenters. The van der Waals surface area contributed by atoms with Crippen molar-refractivity contribution in [3.05, 3.63) is 92.7 Å². The van der Waals surface area contributed by atoms with Gasteiger partial charge in [-0.3, -0.25) is 10.2 Å². The molecule has 0 saturated carbocycles. The highest BCUT2D eigenvalue weighted by Gasteiger charge is 2.36. The number of nitrogens with one attached hydrogen (secondary N) is 1. The molecule has 33 heavy (non-hydrogen) atoms. The van der Waals surface area contributed by atoms with E-state index in [1.165, 1.54) is 16.8 Å². The molecule has 1 N–H and O–H groups in total. The average molecular weight is 494 g/mol. The number of amides is 1. The second-order valence-corrected chi connectivity index (χ2v) is 9.41. The number of carbonyl (C=O) groups is 1. The van der Waals surface area contributed by atoms with Gasteiger partial charge in [-0.2, -0.15) is 15.1 Å². The topological polar surface area (TPSA) is 73.8 Å². The van der Waals surface area contributed by atoms with Crippen LogP contribution in [0.15, 0.2) is 70.3 Å². The highest BCUT2D eigenvalue weighted by Crippen LogP contribution is 2.32. The minimum absolute atomic E-state index is 0.000894. The van der Waals surface area contributed by atoms with Crippen LogP contribution in [0.1, 0.15) is 22.5 Å². The van der Waals surface area contributed by atoms with Gasteiger partial charge in [-0.1, -0.05) is 53.5 Å². The molecule has 3 aromatic rings. The molecule has 0 bridgehead atoms. The minimum Gasteiger partial charge on any atom is -0.318 e. The normalized spacial score (nSPS) is 16.8. The molecule has 0 saturated heterocycles. The first-order valence-electron chi connectivity index (χ1n) is 10.0. The lowest BCUT2D eigenvalue weighted by atomic mass is 10.1. The molecule has 2 aliphatic rings. The molecule has 164 valence electrons. The Kier molecular flexibility index (Phi) is 5.48. The second kappa shape index (κ2) is 8.33. The van der Waals surface area contributed by atoms with Gasteiger partial charge in [-0.15, -0.1) is 0 Å². The van der Waals surface area contributed by atoms with E-state index in [9.17, 15) is 4.79 Å². The van der Waals surface area contributed by atoms with Gasteiger partial charge in [0.25, 0.3) is 5.91 Å². The number of amidine groups is 2. The molecular formula is C24H17Cl2N5OS. The molecule has 3 heterocycles. The number of benzene rings is 2. The molecule has 5 rings (SSSR count). The first kappa shape index (κ1) is 21.7. The number of hydrogen-bond donors (Lipinski definition) is 1. The molecule has 6 nitrogen and oxygen atoms in total. The summed E-state index contributed by atoms with van der Waals surface area (Å²) < 4.78 is 2.01. The number of hydrazone groups is 1. The van der Waals surface area contributed by atoms with E-state index in [2.05, 4.69) is 10.1 Å². The van der Waals surface area contributed by atoms with Crippen LogP contribution >= 0.6 is 35.0 Å². The van der Waals surface area contributed by atoms with Crippen LogP contribution < -0.4 is 0 Å². The van der Waals surface area contributed by atoms with Gasteiger partial charge in [0.05, 0.1) is 5.57 Å². The molecule has 0 fully saturated rings. The van der Waals surface area contributed by atoms with Crippen LogP contribution in [-0.4, -0.2) is 31.5 Å². The predicted molar refractivity (Wildman–Crippen MR) is 136 cm³/mol. The third-order valence-corrected chi connectivity index (χ3v) is 6.74. The van der Waals surface area contributed by atoms with Crippen molar-refractivity contribution in [1.82, 2.24) is 9.58 Å². The predicted octanol–water partition coefficient (Wildman–Crippen LogP) is 6.07. The molecule has 2 aliphatic heterocycles. The fourth-order valence-corrected chi connectivity index (χ4v) is 5.26. The van der Waals surface area contributed by atoms with Gasteiger partial charge in [-0.25, -0.2) is 0 Å². The zero-order valence-corrected chi connectivity index (χ0v) is 20.0. The maximum atomic E-state index is 12.8. The standard InChI is InChI=1S/C24H17Cl2N5OS/c1-13-8-16(14(2)30(13)19-11-17(25)10-18(26)12-19)9-20-21(27)31-24(28-22(20)32)33-23(29-31)15-6-4-3-5-7-15/h3-12,27H,1-2H3/b20-9-,27-21?. The van der Waals surface area contributed by atoms with Crippen molar-refractivity contribution >= 4 is 63.0 Å². The Balaban J connectivity index is 1.53. The lowest BCUT2D eigenvalue weighted by Gasteiger charge is -2.20. The molecule has 0 spiro atoms. The summed E-state index contributed by atoms with van der Waals surface area (Å²) in [4.78, 5) is 17.0. The Bertz CT molecular complexity index is 1400. The van der Waals surface area contributed by atoms with E-state index in [1.54, 1.807) is 12.1 Å². The first-order chi connectivity index (χ1) is 15.8. The van der Waals surface area contributed by atoms with E-state index in [4.69, 9.17) is 28.6 Å². The second-order valence-electron chi connectivity index (χ2n) is 7.58. The maximum absolute atomic E-state index is 12.8. The molecule has 0 radical (unpaired) electrons. The van der Waals surface area contributed by atoms with Gasteiger partial charge < -0.3 is 4.57 Å². The number of aromatic nitrogens is 1. The van der Waals surface area contributed by atoms with Gasteiger partial charge in [-0.05, 0) is 61.5 Å². The Hall–Kier alpha value is -3.13. The fourth-order valence-electron chi connectivity index (χ4n) is 3.84. The fraction of sp³-hybridized carbons (Fsp3) is 0.0833. The Morgan fingerprint density at radius 1 is 1.03 bits per heavy atom. The summed E-state index contributed by atoms with van der Waals surface area (Å²) in [6, 6.07) is 16.9. The number of nitrogens with zero attached hydrogens (tertiary/aromatic N) is 4. The third kappa shape index (κ3) is 3.93. The number of thioether (sulfide) groups is 1. The van der Waals surface area contributed by atoms with Crippen LogP contribution in [0.25, 0.3) is 11.8 Å². The smallest absolute Gasteiger partial charge is 0.283 e. The molecule has 0 atom stereocenters. The zero-order chi connectivity index (χ0) is 23.3. The van der Waals surface area contributed by atoms with Crippen LogP contribution in [0.5, 0.6) is 0 Å². The SMILES string of the molecule is Cc1cc(/C=C2/C(=N)N3N=C(c4ccccc4)SC3=NC2=O)c(C)n1-c1cc(Cl)cc(Cl)c1. The van der Waals surface area contributed by atoms with Crippen molar-refractivity contribution in [2.75, 3.05) is 0 Å². The van der Waals surface area contributed by atoms with Crippen molar-refractivity contribution in [3.63, 3.8) is 0 Å². The van der Waals surface area contributed by atoms with Gasteiger partial charge in [0.1, 0.15) is 5.04 Å². The minimum atomic E-state index is -0.459. The van der Waals surface area contributed by atoms with E-state index in [-0.39, 0.29) is 11.4 Å². The van der Waals surface area contributed by atoms with E-state index in [0.29, 0.717) is 20.3 Å². The van der Waals surface area contributed by atoms with Crippen molar-refractivity contribution in [2.24, 2.45) is 10.1 Å². The number of hydrogen-bond acceptors (Lipinski definition) is 4. The van der Waals surface area contributed by atoms with Crippen LogP contribution in [0.4, 0.5) is 0 Å². The number of fused-ring (bicyclic) bond motifs is 1. The number of aliphatic imine (C=N–C) groups is 1. The van der Waals surface area contributed by atoms with E-state index in [1.807, 2.05) is 66.9 Å². The molecule has 1 amide bonds. The van der Waals surface area contributed by atoms with E-state index in [0.717, 1.165) is 28.2 Å². The van der Waals surface area contributed by atoms with Gasteiger partial charge in [0, 0.05) is 32.7 Å². The lowest BCUT2D eigenvalue weighted by molar-refractivity contribution is -0.114. The lowest BCUT2D eigenvalue weighted by Crippen LogP contribution is -2.35. The van der Waals surface area contributed by atoms with E-state index < -0.39 is 5.91 Å². The quantitative estimate of drug-likeness (QED) is 0.450. The molecule has 2 aromatic carbocycles. The van der Waals surface area contributed by atoms with Gasteiger partial charge in [0.2, 0.25) is 5.17 Å². The molecular weight excluding hydrogens is 477 g/mol. The summed E-state index contributed by atoms with van der Waals surface area (Å²) in [6.07, 6.45) is 1.69. The number of aryl methyl sites for hydroxylation is 1. The van der Waals surface area contributed by atoms with Crippen molar-refractivity contribution in [1.29, 1.82) is 5.41 Å². The monoisotopic (exact) mass is 493 g/mol. The van der Waals surface area contributed by atoms with Crippen LogP contribution in [0.2, 0.25) is 10.0 Å². The summed E-state index contributed by atoms with van der Waals surface area (Å²) in [6.45, 7) is 3.90.